The first kappa shape index (κ1) is 37.3. The Morgan fingerprint density at radius 1 is 1.10 bits per heavy atom. The summed E-state index contributed by atoms with van der Waals surface area (Å²) in [6, 6.07) is 15.1. The van der Waals surface area contributed by atoms with Crippen molar-refractivity contribution in [3.05, 3.63) is 77.1 Å². The number of urea groups is 1. The third kappa shape index (κ3) is 9.65. The van der Waals surface area contributed by atoms with Gasteiger partial charge < -0.3 is 46.1 Å². The maximum atomic E-state index is 11.1. The summed E-state index contributed by atoms with van der Waals surface area (Å²) in [6.45, 7) is -0.886. The molecule has 0 radical (unpaired) electrons. The van der Waals surface area contributed by atoms with Gasteiger partial charge in [0, 0.05) is 40.0 Å². The molecular weight excluding hydrogens is 670 g/mol. The van der Waals surface area contributed by atoms with Gasteiger partial charge in [0.2, 0.25) is 0 Å². The Balaban J connectivity index is 1.15. The van der Waals surface area contributed by atoms with Gasteiger partial charge in [0.25, 0.3) is 0 Å². The summed E-state index contributed by atoms with van der Waals surface area (Å²) < 4.78 is 12.9. The predicted octanol–water partition coefficient (Wildman–Crippen LogP) is 4.28. The third-order valence-corrected chi connectivity index (χ3v) is 10.6. The van der Waals surface area contributed by atoms with Crippen molar-refractivity contribution in [3.8, 4) is 16.9 Å². The Kier molecular flexibility index (Phi) is 12.8. The van der Waals surface area contributed by atoms with Crippen LogP contribution >= 0.6 is 23.4 Å². The zero-order valence-electron chi connectivity index (χ0n) is 27.3. The highest BCUT2D eigenvalue weighted by molar-refractivity contribution is 7.99. The molecule has 2 amide bonds. The smallest absolute Gasteiger partial charge is 0.312 e. The van der Waals surface area contributed by atoms with E-state index < -0.39 is 48.7 Å². The summed E-state index contributed by atoms with van der Waals surface area (Å²) in [5, 5.41) is 54.0. The standard InChI is InChI=1S/C36H46ClN3O8S/c37-29-11-10-25(49-17-5-1-4-13-36(46,33(44)30(42)21-41)32(43)20-40-34(38)45)18-23(29)22-47-35(14-15-35)28-19-39-16-12-26(28)27-6-2-3-7-31(27)48-24-8-9-24/h2-3,6-7,10-12,16,18-19,24,30,32-33,41-44,46H,1,4-5,8-9,13-15,17,20-22H2,(H3,38,40,45)/t30-,32+,33-,36-/m1/s1. The van der Waals surface area contributed by atoms with E-state index in [1.165, 1.54) is 0 Å². The molecule has 13 heteroatoms. The molecule has 49 heavy (non-hydrogen) atoms. The molecule has 2 aromatic carbocycles. The number of thioether (sulfide) groups is 1. The molecule has 2 saturated carbocycles. The van der Waals surface area contributed by atoms with Crippen molar-refractivity contribution in [2.45, 2.75) is 98.5 Å². The van der Waals surface area contributed by atoms with Crippen LogP contribution in [0.3, 0.4) is 0 Å². The molecule has 2 fully saturated rings. The third-order valence-electron chi connectivity index (χ3n) is 9.13. The van der Waals surface area contributed by atoms with Gasteiger partial charge in [-0.25, -0.2) is 4.79 Å². The highest BCUT2D eigenvalue weighted by Gasteiger charge is 2.48. The molecule has 11 nitrogen and oxygen atoms in total. The molecule has 1 heterocycles. The number of ether oxygens (including phenoxy) is 2. The normalized spacial score (nSPS) is 18.2. The van der Waals surface area contributed by atoms with Crippen molar-refractivity contribution < 1.29 is 39.8 Å². The average molecular weight is 716 g/mol. The van der Waals surface area contributed by atoms with Gasteiger partial charge in [-0.15, -0.1) is 11.8 Å². The molecule has 5 rings (SSSR count). The largest absolute Gasteiger partial charge is 0.490 e. The van der Waals surface area contributed by atoms with E-state index in [9.17, 15) is 30.3 Å². The number of pyridine rings is 1. The molecule has 3 aromatic rings. The summed E-state index contributed by atoms with van der Waals surface area (Å²) in [7, 11) is 0. The fourth-order valence-corrected chi connectivity index (χ4v) is 7.06. The van der Waals surface area contributed by atoms with Gasteiger partial charge in [0.15, 0.2) is 0 Å². The molecule has 0 saturated heterocycles. The predicted molar refractivity (Wildman–Crippen MR) is 187 cm³/mol. The second-order valence-electron chi connectivity index (χ2n) is 12.9. The Hall–Kier alpha value is -2.94. The molecule has 0 unspecified atom stereocenters. The number of carbonyl (C=O) groups is 1. The minimum absolute atomic E-state index is 0.0700. The monoisotopic (exact) mass is 715 g/mol. The van der Waals surface area contributed by atoms with E-state index in [-0.39, 0.29) is 12.5 Å². The first-order valence-corrected chi connectivity index (χ1v) is 18.1. The maximum absolute atomic E-state index is 11.1. The first-order chi connectivity index (χ1) is 23.6. The Morgan fingerprint density at radius 3 is 2.59 bits per heavy atom. The maximum Gasteiger partial charge on any atom is 0.312 e. The van der Waals surface area contributed by atoms with Gasteiger partial charge in [-0.3, -0.25) is 4.98 Å². The van der Waals surface area contributed by atoms with Gasteiger partial charge in [-0.05, 0) is 85.7 Å². The van der Waals surface area contributed by atoms with Crippen LogP contribution in [0.5, 0.6) is 5.75 Å². The lowest BCUT2D eigenvalue weighted by Gasteiger charge is -2.39. The second kappa shape index (κ2) is 16.8. The lowest BCUT2D eigenvalue weighted by atomic mass is 9.82. The molecule has 266 valence electrons. The molecular formula is C36H46ClN3O8S. The van der Waals surface area contributed by atoms with Crippen LogP contribution in [0.4, 0.5) is 4.79 Å². The van der Waals surface area contributed by atoms with Crippen LogP contribution in [-0.2, 0) is 16.9 Å². The number of hydrogen-bond acceptors (Lipinski definition) is 10. The lowest BCUT2D eigenvalue weighted by Crippen LogP contribution is -2.60. The van der Waals surface area contributed by atoms with Crippen LogP contribution in [0.25, 0.3) is 11.1 Å². The zero-order valence-corrected chi connectivity index (χ0v) is 28.9. The Labute approximate surface area is 295 Å². The summed E-state index contributed by atoms with van der Waals surface area (Å²) in [5.41, 5.74) is 6.48. The first-order valence-electron chi connectivity index (χ1n) is 16.7. The number of nitrogens with one attached hydrogen (secondary N) is 1. The lowest BCUT2D eigenvalue weighted by molar-refractivity contribution is -0.184. The summed E-state index contributed by atoms with van der Waals surface area (Å²) in [6.07, 6.45) is 4.57. The summed E-state index contributed by atoms with van der Waals surface area (Å²) in [5.74, 6) is 1.64. The van der Waals surface area contributed by atoms with E-state index in [0.29, 0.717) is 24.5 Å². The number of amides is 2. The van der Waals surface area contributed by atoms with Crippen LogP contribution in [-0.4, -0.2) is 85.5 Å². The minimum Gasteiger partial charge on any atom is -0.490 e. The number of aliphatic hydroxyl groups is 5. The van der Waals surface area contributed by atoms with Crippen LogP contribution < -0.4 is 15.8 Å². The van der Waals surface area contributed by atoms with Crippen LogP contribution in [0.1, 0.15) is 62.5 Å². The zero-order chi connectivity index (χ0) is 35.0. The van der Waals surface area contributed by atoms with E-state index in [4.69, 9.17) is 26.8 Å². The number of para-hydroxylation sites is 1. The van der Waals surface area contributed by atoms with Crippen LogP contribution in [0, 0.1) is 0 Å². The van der Waals surface area contributed by atoms with Crippen molar-refractivity contribution >= 4 is 29.4 Å². The highest BCUT2D eigenvalue weighted by atomic mass is 35.5. The number of unbranched alkanes of at least 4 members (excludes halogenated alkanes) is 2. The van der Waals surface area contributed by atoms with Crippen LogP contribution in [0.2, 0.25) is 5.02 Å². The van der Waals surface area contributed by atoms with E-state index in [1.807, 2.05) is 48.7 Å². The fraction of sp³-hybridized carbons (Fsp3) is 0.500. The molecule has 2 aliphatic rings. The number of carbonyl (C=O) groups excluding carboxylic acids is 1. The SMILES string of the molecule is NC(=O)NC[C@H](O)[C@](O)(CCCCCSc1ccc(Cl)c(COC2(c3cnccc3-c3ccccc3OC3CC3)CC2)c1)[C@H](O)[C@H](O)CO. The molecule has 0 spiro atoms. The van der Waals surface area contributed by atoms with Crippen LogP contribution in [0.15, 0.2) is 65.8 Å². The number of nitrogens with zero attached hydrogens (tertiary/aromatic N) is 1. The summed E-state index contributed by atoms with van der Waals surface area (Å²) in [4.78, 5) is 16.5. The molecule has 8 N–H and O–H groups in total. The highest BCUT2D eigenvalue weighted by Crippen LogP contribution is 2.53. The number of hydrogen-bond donors (Lipinski definition) is 7. The number of primary amides is 1. The average Bonchev–Trinajstić information content (AvgIpc) is 4.05. The quantitative estimate of drug-likeness (QED) is 0.0658. The Morgan fingerprint density at radius 2 is 1.88 bits per heavy atom. The Bertz CT molecular complexity index is 1560. The number of aliphatic hydroxyl groups excluding tert-OH is 4. The number of halogens is 1. The van der Waals surface area contributed by atoms with Gasteiger partial charge in [0.05, 0.1) is 24.9 Å². The van der Waals surface area contributed by atoms with E-state index in [1.54, 1.807) is 18.0 Å². The van der Waals surface area contributed by atoms with E-state index >= 15 is 0 Å². The molecule has 1 aromatic heterocycles. The van der Waals surface area contributed by atoms with Crippen molar-refractivity contribution in [1.29, 1.82) is 0 Å². The number of benzene rings is 2. The van der Waals surface area contributed by atoms with Gasteiger partial charge in [0.1, 0.15) is 29.7 Å². The second-order valence-corrected chi connectivity index (χ2v) is 14.5. The van der Waals surface area contributed by atoms with E-state index in [2.05, 4.69) is 16.4 Å². The van der Waals surface area contributed by atoms with Gasteiger partial charge >= 0.3 is 6.03 Å². The van der Waals surface area contributed by atoms with Crippen molar-refractivity contribution in [2.24, 2.45) is 5.73 Å². The number of aromatic nitrogens is 1. The molecule has 0 bridgehead atoms. The van der Waals surface area contributed by atoms with Gasteiger partial charge in [-0.1, -0.05) is 42.6 Å². The van der Waals surface area contributed by atoms with Crippen molar-refractivity contribution in [2.75, 3.05) is 18.9 Å². The number of rotatable bonds is 20. The minimum atomic E-state index is -2.16. The topological polar surface area (TPSA) is 188 Å². The molecule has 2 aliphatic carbocycles. The van der Waals surface area contributed by atoms with Crippen molar-refractivity contribution in [3.63, 3.8) is 0 Å². The number of nitrogens with two attached hydrogens (primary N) is 1. The molecule has 0 aliphatic heterocycles. The van der Waals surface area contributed by atoms with Crippen molar-refractivity contribution in [1.82, 2.24) is 10.3 Å². The molecule has 4 atom stereocenters. The summed E-state index contributed by atoms with van der Waals surface area (Å²) >= 11 is 8.27. The van der Waals surface area contributed by atoms with E-state index in [0.717, 1.165) is 70.8 Å². The van der Waals surface area contributed by atoms with Gasteiger partial charge in [-0.2, -0.15) is 0 Å². The fourth-order valence-electron chi connectivity index (χ4n) is 5.92.